The number of ether oxygens (including phenoxy) is 1. The van der Waals surface area contributed by atoms with Crippen molar-refractivity contribution in [3.8, 4) is 0 Å². The summed E-state index contributed by atoms with van der Waals surface area (Å²) in [7, 11) is 1.53. The van der Waals surface area contributed by atoms with Crippen molar-refractivity contribution in [3.63, 3.8) is 0 Å². The molecule has 2 atom stereocenters. The van der Waals surface area contributed by atoms with Crippen LogP contribution in [0.15, 0.2) is 0 Å². The fourth-order valence-electron chi connectivity index (χ4n) is 1.71. The molecule has 0 bridgehead atoms. The molecule has 0 aliphatic heterocycles. The molecular formula is C13H25N3O5. The second-order valence-corrected chi connectivity index (χ2v) is 4.79. The second kappa shape index (κ2) is 9.98. The van der Waals surface area contributed by atoms with Gasteiger partial charge in [-0.1, -0.05) is 6.92 Å². The first kappa shape index (κ1) is 19.2. The van der Waals surface area contributed by atoms with Crippen LogP contribution in [-0.2, 0) is 14.3 Å². The summed E-state index contributed by atoms with van der Waals surface area (Å²) in [6, 6.07) is -1.68. The molecule has 0 aliphatic rings. The number of methoxy groups -OCH3 is 1. The molecule has 0 spiro atoms. The Morgan fingerprint density at radius 1 is 1.38 bits per heavy atom. The Kier molecular flexibility index (Phi) is 9.11. The molecule has 4 N–H and O–H groups in total. The number of amides is 3. The summed E-state index contributed by atoms with van der Waals surface area (Å²) in [6.07, 6.45) is 0.601. The number of nitrogens with two attached hydrogens (primary N) is 1. The Hall–Kier alpha value is -1.83. The lowest BCUT2D eigenvalue weighted by molar-refractivity contribution is -0.139. The highest BCUT2D eigenvalue weighted by Crippen LogP contribution is 2.06. The van der Waals surface area contributed by atoms with E-state index in [1.807, 2.05) is 13.8 Å². The predicted molar refractivity (Wildman–Crippen MR) is 76.7 cm³/mol. The van der Waals surface area contributed by atoms with E-state index in [4.69, 9.17) is 15.6 Å². The molecule has 8 nitrogen and oxygen atoms in total. The first-order valence-corrected chi connectivity index (χ1v) is 6.90. The van der Waals surface area contributed by atoms with Crippen molar-refractivity contribution < 1.29 is 24.2 Å². The quantitative estimate of drug-likeness (QED) is 0.530. The number of carboxylic acid groups (broad SMARTS) is 1. The molecule has 0 rings (SSSR count). The van der Waals surface area contributed by atoms with E-state index in [0.717, 1.165) is 6.42 Å². The Morgan fingerprint density at radius 3 is 2.43 bits per heavy atom. The number of nitrogens with one attached hydrogen (secondary N) is 1. The first-order chi connectivity index (χ1) is 9.83. The van der Waals surface area contributed by atoms with E-state index in [2.05, 4.69) is 5.32 Å². The lowest BCUT2D eigenvalue weighted by Crippen LogP contribution is -2.51. The van der Waals surface area contributed by atoms with E-state index in [9.17, 15) is 14.4 Å². The third kappa shape index (κ3) is 7.50. The van der Waals surface area contributed by atoms with Crippen molar-refractivity contribution in [2.75, 3.05) is 20.3 Å². The highest BCUT2D eigenvalue weighted by atomic mass is 16.5. The maximum Gasteiger partial charge on any atom is 0.326 e. The lowest BCUT2D eigenvalue weighted by atomic mass is 10.1. The van der Waals surface area contributed by atoms with Gasteiger partial charge in [0.25, 0.3) is 0 Å². The van der Waals surface area contributed by atoms with Crippen LogP contribution in [0.5, 0.6) is 0 Å². The van der Waals surface area contributed by atoms with E-state index >= 15 is 0 Å². The predicted octanol–water partition coefficient (Wildman–Crippen LogP) is 0.162. The molecule has 0 aromatic carbocycles. The molecule has 21 heavy (non-hydrogen) atoms. The molecule has 0 saturated carbocycles. The number of nitrogens with zero attached hydrogens (tertiary/aromatic N) is 1. The number of carboxylic acids is 1. The van der Waals surface area contributed by atoms with E-state index in [-0.39, 0.29) is 18.9 Å². The van der Waals surface area contributed by atoms with Gasteiger partial charge < -0.3 is 25.8 Å². The molecule has 3 amide bonds. The van der Waals surface area contributed by atoms with Gasteiger partial charge in [-0.3, -0.25) is 4.79 Å². The van der Waals surface area contributed by atoms with Gasteiger partial charge in [-0.05, 0) is 19.8 Å². The Morgan fingerprint density at radius 2 is 2.00 bits per heavy atom. The molecule has 8 heteroatoms. The molecule has 0 heterocycles. The number of carbonyl (C=O) groups excluding carboxylic acids is 2. The summed E-state index contributed by atoms with van der Waals surface area (Å²) < 4.78 is 4.95. The van der Waals surface area contributed by atoms with Crippen molar-refractivity contribution in [1.82, 2.24) is 10.2 Å². The van der Waals surface area contributed by atoms with Crippen LogP contribution in [0.3, 0.4) is 0 Å². The maximum absolute atomic E-state index is 12.2. The van der Waals surface area contributed by atoms with Gasteiger partial charge >= 0.3 is 12.0 Å². The molecule has 2 unspecified atom stereocenters. The van der Waals surface area contributed by atoms with Gasteiger partial charge in [0.05, 0.1) is 6.61 Å². The zero-order valence-corrected chi connectivity index (χ0v) is 12.8. The minimum Gasteiger partial charge on any atom is -0.480 e. The van der Waals surface area contributed by atoms with Crippen LogP contribution >= 0.6 is 0 Å². The van der Waals surface area contributed by atoms with Gasteiger partial charge in [-0.15, -0.1) is 0 Å². The summed E-state index contributed by atoms with van der Waals surface area (Å²) >= 11 is 0. The fraction of sp³-hybridized carbons (Fsp3) is 0.769. The number of hydrogen-bond acceptors (Lipinski definition) is 4. The van der Waals surface area contributed by atoms with Gasteiger partial charge in [-0.2, -0.15) is 0 Å². The van der Waals surface area contributed by atoms with Crippen LogP contribution in [0, 0.1) is 0 Å². The number of carbonyl (C=O) groups is 3. The number of rotatable bonds is 10. The van der Waals surface area contributed by atoms with Crippen LogP contribution in [0.25, 0.3) is 0 Å². The monoisotopic (exact) mass is 303 g/mol. The largest absolute Gasteiger partial charge is 0.480 e. The highest BCUT2D eigenvalue weighted by Gasteiger charge is 2.25. The van der Waals surface area contributed by atoms with Crippen molar-refractivity contribution >= 4 is 17.9 Å². The molecule has 122 valence electrons. The fourth-order valence-corrected chi connectivity index (χ4v) is 1.71. The third-order valence-electron chi connectivity index (χ3n) is 3.20. The molecular weight excluding hydrogens is 278 g/mol. The molecule has 0 fully saturated rings. The standard InChI is InChI=1S/C13H25N3O5/c1-4-9(2)16(7-8-21-3)13(20)15-10(12(18)19)5-6-11(14)17/h9-10H,4-8H2,1-3H3,(H2,14,17)(H,15,20)(H,18,19). The summed E-state index contributed by atoms with van der Waals surface area (Å²) in [5.41, 5.74) is 5.00. The van der Waals surface area contributed by atoms with Gasteiger partial charge in [-0.25, -0.2) is 9.59 Å². The Bertz CT molecular complexity index is 362. The zero-order chi connectivity index (χ0) is 16.4. The Labute approximate surface area is 124 Å². The molecule has 0 saturated heterocycles. The number of aliphatic carboxylic acids is 1. The Balaban J connectivity index is 4.73. The number of hydrogen-bond donors (Lipinski definition) is 3. The topological polar surface area (TPSA) is 122 Å². The summed E-state index contributed by atoms with van der Waals surface area (Å²) in [6.45, 7) is 4.52. The molecule has 0 aliphatic carbocycles. The first-order valence-electron chi connectivity index (χ1n) is 6.90. The maximum atomic E-state index is 12.2. The van der Waals surface area contributed by atoms with Crippen molar-refractivity contribution in [2.45, 2.75) is 45.2 Å². The second-order valence-electron chi connectivity index (χ2n) is 4.79. The number of urea groups is 1. The molecule has 0 aromatic rings. The van der Waals surface area contributed by atoms with Gasteiger partial charge in [0.2, 0.25) is 5.91 Å². The summed E-state index contributed by atoms with van der Waals surface area (Å²) in [5, 5.41) is 11.5. The average molecular weight is 303 g/mol. The minimum absolute atomic E-state index is 0.0327. The van der Waals surface area contributed by atoms with Crippen LogP contribution in [0.1, 0.15) is 33.1 Å². The van der Waals surface area contributed by atoms with Gasteiger partial charge in [0.15, 0.2) is 0 Å². The van der Waals surface area contributed by atoms with Crippen LogP contribution in [0.2, 0.25) is 0 Å². The number of primary amides is 1. The average Bonchev–Trinajstić information content (AvgIpc) is 2.42. The lowest BCUT2D eigenvalue weighted by Gasteiger charge is -2.29. The molecule has 0 aromatic heterocycles. The van der Waals surface area contributed by atoms with Crippen LogP contribution < -0.4 is 11.1 Å². The smallest absolute Gasteiger partial charge is 0.326 e. The third-order valence-corrected chi connectivity index (χ3v) is 3.20. The SMILES string of the molecule is CCC(C)N(CCOC)C(=O)NC(CCC(N)=O)C(=O)O. The van der Waals surface area contributed by atoms with E-state index in [0.29, 0.717) is 13.2 Å². The van der Waals surface area contributed by atoms with Crippen LogP contribution in [0.4, 0.5) is 4.79 Å². The van der Waals surface area contributed by atoms with E-state index < -0.39 is 23.9 Å². The normalized spacial score (nSPS) is 13.3. The summed E-state index contributed by atoms with van der Waals surface area (Å²) in [4.78, 5) is 35.6. The van der Waals surface area contributed by atoms with Crippen molar-refractivity contribution in [2.24, 2.45) is 5.73 Å². The van der Waals surface area contributed by atoms with E-state index in [1.165, 1.54) is 12.0 Å². The minimum atomic E-state index is -1.19. The van der Waals surface area contributed by atoms with Crippen molar-refractivity contribution in [1.29, 1.82) is 0 Å². The van der Waals surface area contributed by atoms with Crippen molar-refractivity contribution in [3.05, 3.63) is 0 Å². The van der Waals surface area contributed by atoms with Gasteiger partial charge in [0.1, 0.15) is 6.04 Å². The molecule has 0 radical (unpaired) electrons. The van der Waals surface area contributed by atoms with Gasteiger partial charge in [0, 0.05) is 26.1 Å². The highest BCUT2D eigenvalue weighted by molar-refractivity contribution is 5.83. The van der Waals surface area contributed by atoms with Crippen LogP contribution in [-0.4, -0.2) is 60.3 Å². The van der Waals surface area contributed by atoms with E-state index in [1.54, 1.807) is 0 Å². The zero-order valence-electron chi connectivity index (χ0n) is 12.8. The summed E-state index contributed by atoms with van der Waals surface area (Å²) in [5.74, 6) is -1.80.